The molecule has 1 unspecified atom stereocenters. The molecule has 174 valence electrons. The van der Waals surface area contributed by atoms with Gasteiger partial charge < -0.3 is 9.84 Å². The molecule has 0 saturated carbocycles. The molecular formula is C27H23F2NO4. The van der Waals surface area contributed by atoms with Crippen molar-refractivity contribution in [3.05, 3.63) is 100 Å². The van der Waals surface area contributed by atoms with Crippen LogP contribution in [0, 0.1) is 25.5 Å². The lowest BCUT2D eigenvalue weighted by Gasteiger charge is -2.26. The molecule has 4 rings (SSSR count). The highest BCUT2D eigenvalue weighted by Crippen LogP contribution is 2.43. The molecule has 1 aliphatic heterocycles. The summed E-state index contributed by atoms with van der Waals surface area (Å²) in [7, 11) is 0. The molecule has 5 nitrogen and oxygen atoms in total. The van der Waals surface area contributed by atoms with Crippen LogP contribution in [0.4, 0.5) is 14.5 Å². The van der Waals surface area contributed by atoms with Crippen LogP contribution < -0.4 is 9.64 Å². The van der Waals surface area contributed by atoms with Gasteiger partial charge in [-0.15, -0.1) is 0 Å². The molecule has 1 amide bonds. The number of Topliss-reactive ketones (excluding diaryl/α,β-unsaturated/α-hetero) is 1. The van der Waals surface area contributed by atoms with E-state index in [0.29, 0.717) is 23.5 Å². The van der Waals surface area contributed by atoms with Gasteiger partial charge in [0.1, 0.15) is 11.5 Å². The van der Waals surface area contributed by atoms with Gasteiger partial charge in [-0.1, -0.05) is 24.3 Å². The van der Waals surface area contributed by atoms with Crippen molar-refractivity contribution >= 4 is 23.1 Å². The number of hydrogen-bond donors (Lipinski definition) is 1. The SMILES string of the molecule is CCOc1cccc(C2/C(=C(\O)c3ccc(C)c(C)c3)C(=O)C(=O)N2c2ccc(F)c(F)c2)c1. The van der Waals surface area contributed by atoms with Gasteiger partial charge in [-0.2, -0.15) is 0 Å². The second-order valence-corrected chi connectivity index (χ2v) is 8.07. The van der Waals surface area contributed by atoms with Gasteiger partial charge in [0.05, 0.1) is 18.2 Å². The lowest BCUT2D eigenvalue weighted by atomic mass is 9.94. The van der Waals surface area contributed by atoms with Crippen molar-refractivity contribution in [2.24, 2.45) is 0 Å². The third kappa shape index (κ3) is 4.05. The van der Waals surface area contributed by atoms with Crippen LogP contribution in [0.3, 0.4) is 0 Å². The van der Waals surface area contributed by atoms with Gasteiger partial charge in [0, 0.05) is 17.3 Å². The molecule has 7 heteroatoms. The summed E-state index contributed by atoms with van der Waals surface area (Å²) in [6.07, 6.45) is 0. The molecule has 1 fully saturated rings. The largest absolute Gasteiger partial charge is 0.507 e. The summed E-state index contributed by atoms with van der Waals surface area (Å²) in [5.41, 5.74) is 2.59. The Labute approximate surface area is 195 Å². The van der Waals surface area contributed by atoms with E-state index in [2.05, 4.69) is 0 Å². The lowest BCUT2D eigenvalue weighted by molar-refractivity contribution is -0.132. The molecule has 1 aliphatic rings. The summed E-state index contributed by atoms with van der Waals surface area (Å²) in [6, 6.07) is 13.8. The Morgan fingerprint density at radius 2 is 1.74 bits per heavy atom. The predicted octanol–water partition coefficient (Wildman–Crippen LogP) is 5.61. The topological polar surface area (TPSA) is 66.8 Å². The average molecular weight is 463 g/mol. The molecule has 0 spiro atoms. The monoisotopic (exact) mass is 463 g/mol. The van der Waals surface area contributed by atoms with Crippen LogP contribution in [-0.4, -0.2) is 23.4 Å². The third-order valence-electron chi connectivity index (χ3n) is 5.89. The zero-order chi connectivity index (χ0) is 24.6. The Kier molecular flexibility index (Phi) is 6.20. The Balaban J connectivity index is 1.96. The number of ether oxygens (including phenoxy) is 1. The Morgan fingerprint density at radius 1 is 0.971 bits per heavy atom. The number of carbonyl (C=O) groups excluding carboxylic acids is 2. The predicted molar refractivity (Wildman–Crippen MR) is 125 cm³/mol. The minimum Gasteiger partial charge on any atom is -0.507 e. The van der Waals surface area contributed by atoms with E-state index in [1.54, 1.807) is 42.5 Å². The van der Waals surface area contributed by atoms with Gasteiger partial charge in [0.15, 0.2) is 11.6 Å². The van der Waals surface area contributed by atoms with Crippen molar-refractivity contribution in [3.8, 4) is 5.75 Å². The van der Waals surface area contributed by atoms with E-state index in [4.69, 9.17) is 4.74 Å². The normalized spacial score (nSPS) is 17.3. The molecule has 0 aromatic heterocycles. The molecule has 0 radical (unpaired) electrons. The highest BCUT2D eigenvalue weighted by molar-refractivity contribution is 6.51. The number of halogens is 2. The van der Waals surface area contributed by atoms with E-state index >= 15 is 0 Å². The summed E-state index contributed by atoms with van der Waals surface area (Å²) in [4.78, 5) is 27.4. The van der Waals surface area contributed by atoms with Crippen LogP contribution in [0.5, 0.6) is 5.75 Å². The smallest absolute Gasteiger partial charge is 0.300 e. The van der Waals surface area contributed by atoms with E-state index < -0.39 is 29.4 Å². The number of benzene rings is 3. The van der Waals surface area contributed by atoms with Gasteiger partial charge in [-0.25, -0.2) is 8.78 Å². The van der Waals surface area contributed by atoms with E-state index in [1.807, 2.05) is 20.8 Å². The fourth-order valence-electron chi connectivity index (χ4n) is 4.03. The van der Waals surface area contributed by atoms with Crippen molar-refractivity contribution in [1.82, 2.24) is 0 Å². The first-order valence-electron chi connectivity index (χ1n) is 10.8. The van der Waals surface area contributed by atoms with Crippen LogP contribution in [0.25, 0.3) is 5.76 Å². The average Bonchev–Trinajstić information content (AvgIpc) is 3.08. The highest BCUT2D eigenvalue weighted by atomic mass is 19.2. The summed E-state index contributed by atoms with van der Waals surface area (Å²) in [5, 5.41) is 11.2. The van der Waals surface area contributed by atoms with Crippen molar-refractivity contribution < 1.29 is 28.2 Å². The van der Waals surface area contributed by atoms with Crippen LogP contribution >= 0.6 is 0 Å². The van der Waals surface area contributed by atoms with Crippen LogP contribution in [0.2, 0.25) is 0 Å². The number of aliphatic hydroxyl groups is 1. The molecule has 1 atom stereocenters. The highest BCUT2D eigenvalue weighted by Gasteiger charge is 2.47. The zero-order valence-electron chi connectivity index (χ0n) is 18.9. The minimum absolute atomic E-state index is 0.00745. The number of ketones is 1. The molecule has 0 aliphatic carbocycles. The Hall–Kier alpha value is -4.00. The summed E-state index contributed by atoms with van der Waals surface area (Å²) < 4.78 is 33.2. The second-order valence-electron chi connectivity index (χ2n) is 8.07. The second kappa shape index (κ2) is 9.09. The van der Waals surface area contributed by atoms with Crippen LogP contribution in [0.1, 0.15) is 35.2 Å². The first kappa shape index (κ1) is 23.2. The summed E-state index contributed by atoms with van der Waals surface area (Å²) >= 11 is 0. The van der Waals surface area contributed by atoms with E-state index in [1.165, 1.54) is 6.07 Å². The third-order valence-corrected chi connectivity index (χ3v) is 5.89. The van der Waals surface area contributed by atoms with Crippen molar-refractivity contribution in [1.29, 1.82) is 0 Å². The van der Waals surface area contributed by atoms with Crippen molar-refractivity contribution in [3.63, 3.8) is 0 Å². The fraction of sp³-hybridized carbons (Fsp3) is 0.185. The number of rotatable bonds is 5. The summed E-state index contributed by atoms with van der Waals surface area (Å²) in [6.45, 7) is 6.00. The van der Waals surface area contributed by atoms with Gasteiger partial charge in [0.2, 0.25) is 0 Å². The van der Waals surface area contributed by atoms with Gasteiger partial charge in [-0.05, 0) is 67.8 Å². The number of aliphatic hydroxyl groups excluding tert-OH is 1. The number of carbonyl (C=O) groups is 2. The van der Waals surface area contributed by atoms with Crippen LogP contribution in [0.15, 0.2) is 66.2 Å². The number of amides is 1. The van der Waals surface area contributed by atoms with Gasteiger partial charge in [-0.3, -0.25) is 14.5 Å². The molecule has 0 bridgehead atoms. The molecule has 1 saturated heterocycles. The quantitative estimate of drug-likeness (QED) is 0.304. The maximum atomic E-state index is 14.1. The first-order valence-corrected chi connectivity index (χ1v) is 10.8. The zero-order valence-corrected chi connectivity index (χ0v) is 18.9. The molecule has 1 N–H and O–H groups in total. The molecule has 3 aromatic rings. The molecular weight excluding hydrogens is 440 g/mol. The summed E-state index contributed by atoms with van der Waals surface area (Å²) in [5.74, 6) is -3.96. The maximum Gasteiger partial charge on any atom is 0.300 e. The Bertz CT molecular complexity index is 1330. The molecule has 3 aromatic carbocycles. The number of anilines is 1. The Morgan fingerprint density at radius 3 is 2.41 bits per heavy atom. The number of aryl methyl sites for hydroxylation is 2. The lowest BCUT2D eigenvalue weighted by Crippen LogP contribution is -2.29. The van der Waals surface area contributed by atoms with Crippen LogP contribution in [-0.2, 0) is 9.59 Å². The van der Waals surface area contributed by atoms with E-state index in [-0.39, 0.29) is 17.0 Å². The minimum atomic E-state index is -1.16. The van der Waals surface area contributed by atoms with E-state index in [0.717, 1.165) is 28.2 Å². The van der Waals surface area contributed by atoms with Gasteiger partial charge in [0.25, 0.3) is 11.7 Å². The molecule has 1 heterocycles. The maximum absolute atomic E-state index is 14.1. The standard InChI is InChI=1S/C27H23F2NO4/c1-4-34-20-7-5-6-17(13-20)24-23(25(31)18-9-8-15(2)16(3)12-18)26(32)27(33)30(24)19-10-11-21(28)22(29)14-19/h5-14,24,31H,4H2,1-3H3/b25-23+. The molecule has 34 heavy (non-hydrogen) atoms. The fourth-order valence-corrected chi connectivity index (χ4v) is 4.03. The van der Waals surface area contributed by atoms with Crippen molar-refractivity contribution in [2.75, 3.05) is 11.5 Å². The number of nitrogens with zero attached hydrogens (tertiary/aromatic N) is 1. The first-order chi connectivity index (χ1) is 16.2. The van der Waals surface area contributed by atoms with E-state index in [9.17, 15) is 23.5 Å². The van der Waals surface area contributed by atoms with Crippen molar-refractivity contribution in [2.45, 2.75) is 26.8 Å². The van der Waals surface area contributed by atoms with Gasteiger partial charge >= 0.3 is 0 Å². The number of hydrogen-bond acceptors (Lipinski definition) is 4.